The molecule has 2 saturated heterocycles. The summed E-state index contributed by atoms with van der Waals surface area (Å²) in [5.41, 5.74) is 1.20. The number of likely N-dealkylation sites (tertiary alicyclic amines) is 1. The van der Waals surface area contributed by atoms with Gasteiger partial charge in [-0.3, -0.25) is 4.99 Å². The normalized spacial score (nSPS) is 21.2. The number of nitrogens with zero attached hydrogens (tertiary/aromatic N) is 3. The first-order chi connectivity index (χ1) is 13.7. The number of hydrogen-bond acceptors (Lipinski definition) is 4. The number of hydrogen-bond donors (Lipinski definition) is 1. The Hall–Kier alpha value is -1.95. The Kier molecular flexibility index (Phi) is 7.83. The maximum Gasteiger partial charge on any atom is 0.193 e. The van der Waals surface area contributed by atoms with Gasteiger partial charge in [0.15, 0.2) is 5.96 Å². The summed E-state index contributed by atoms with van der Waals surface area (Å²) in [5.74, 6) is 2.60. The van der Waals surface area contributed by atoms with Gasteiger partial charge in [0, 0.05) is 45.9 Å². The largest absolute Gasteiger partial charge is 0.495 e. The van der Waals surface area contributed by atoms with Gasteiger partial charge >= 0.3 is 0 Å². The monoisotopic (exact) mass is 388 g/mol. The van der Waals surface area contributed by atoms with E-state index in [0.717, 1.165) is 70.4 Å². The van der Waals surface area contributed by atoms with Crippen LogP contribution in [0.15, 0.2) is 29.3 Å². The highest BCUT2D eigenvalue weighted by Gasteiger charge is 2.26. The van der Waals surface area contributed by atoms with Crippen molar-refractivity contribution in [3.8, 4) is 5.75 Å². The number of ether oxygens (including phenoxy) is 2. The van der Waals surface area contributed by atoms with Crippen molar-refractivity contribution in [2.24, 2.45) is 10.9 Å². The zero-order valence-corrected chi connectivity index (χ0v) is 17.7. The smallest absolute Gasteiger partial charge is 0.193 e. The van der Waals surface area contributed by atoms with Gasteiger partial charge in [0.05, 0.1) is 18.9 Å². The van der Waals surface area contributed by atoms with E-state index in [1.807, 2.05) is 12.1 Å². The van der Waals surface area contributed by atoms with Crippen molar-refractivity contribution in [3.05, 3.63) is 24.3 Å². The molecule has 1 N–H and O–H groups in total. The van der Waals surface area contributed by atoms with Crippen LogP contribution in [0.3, 0.4) is 0 Å². The molecule has 2 aliphatic rings. The molecule has 6 heteroatoms. The minimum absolute atomic E-state index is 0.411. The number of guanidine groups is 1. The molecule has 156 valence electrons. The lowest BCUT2D eigenvalue weighted by molar-refractivity contribution is 0.0263. The molecule has 0 amide bonds. The third kappa shape index (κ3) is 5.31. The van der Waals surface area contributed by atoms with Crippen molar-refractivity contribution in [2.45, 2.75) is 39.2 Å². The van der Waals surface area contributed by atoms with E-state index in [9.17, 15) is 0 Å². The van der Waals surface area contributed by atoms with E-state index in [1.54, 1.807) is 7.11 Å². The summed E-state index contributed by atoms with van der Waals surface area (Å²) in [7, 11) is 1.74. The van der Waals surface area contributed by atoms with E-state index in [-0.39, 0.29) is 0 Å². The average Bonchev–Trinajstić information content (AvgIpc) is 3.21. The number of aliphatic imine (C=N–C) groups is 1. The first-order valence-corrected chi connectivity index (χ1v) is 10.8. The van der Waals surface area contributed by atoms with Gasteiger partial charge in [-0.15, -0.1) is 0 Å². The second-order valence-electron chi connectivity index (χ2n) is 7.61. The summed E-state index contributed by atoms with van der Waals surface area (Å²) in [4.78, 5) is 9.82. The minimum atomic E-state index is 0.411. The Morgan fingerprint density at radius 2 is 1.93 bits per heavy atom. The van der Waals surface area contributed by atoms with Crippen molar-refractivity contribution >= 4 is 11.6 Å². The van der Waals surface area contributed by atoms with E-state index in [0.29, 0.717) is 12.0 Å². The maximum atomic E-state index is 5.78. The molecule has 0 aliphatic carbocycles. The Bertz CT molecular complexity index is 629. The summed E-state index contributed by atoms with van der Waals surface area (Å²) in [6.07, 6.45) is 3.76. The molecule has 6 nitrogen and oxygen atoms in total. The molecule has 0 saturated carbocycles. The fraction of sp³-hybridized carbons (Fsp3) is 0.682. The van der Waals surface area contributed by atoms with Crippen LogP contribution in [0, 0.1) is 5.92 Å². The van der Waals surface area contributed by atoms with Gasteiger partial charge in [-0.1, -0.05) is 12.1 Å². The standard InChI is InChI=1S/C22H36N4O2/c1-4-23-22(25-14-11-19(12-15-25)28-5-2)24-16-18-10-13-26(17-18)20-8-6-7-9-21(20)27-3/h6-9,18-19H,4-5,10-17H2,1-3H3,(H,23,24). The van der Waals surface area contributed by atoms with Crippen LogP contribution >= 0.6 is 0 Å². The highest BCUT2D eigenvalue weighted by molar-refractivity contribution is 5.80. The first kappa shape index (κ1) is 20.8. The summed E-state index contributed by atoms with van der Waals surface area (Å²) in [5, 5.41) is 3.49. The molecule has 0 spiro atoms. The number of methoxy groups -OCH3 is 1. The molecule has 1 aromatic carbocycles. The van der Waals surface area contributed by atoms with Gasteiger partial charge in [0.25, 0.3) is 0 Å². The molecule has 2 heterocycles. The van der Waals surface area contributed by atoms with E-state index in [4.69, 9.17) is 14.5 Å². The molecule has 1 unspecified atom stereocenters. The minimum Gasteiger partial charge on any atom is -0.495 e. The lowest BCUT2D eigenvalue weighted by Gasteiger charge is -2.34. The van der Waals surface area contributed by atoms with Gasteiger partial charge < -0.3 is 24.6 Å². The number of benzene rings is 1. The fourth-order valence-corrected chi connectivity index (χ4v) is 4.20. The number of rotatable bonds is 7. The average molecular weight is 389 g/mol. The van der Waals surface area contributed by atoms with Crippen molar-refractivity contribution in [2.75, 3.05) is 57.9 Å². The predicted octanol–water partition coefficient (Wildman–Crippen LogP) is 2.99. The molecule has 1 atom stereocenters. The molecule has 28 heavy (non-hydrogen) atoms. The Labute approximate surface area is 169 Å². The fourth-order valence-electron chi connectivity index (χ4n) is 4.20. The van der Waals surface area contributed by atoms with Crippen molar-refractivity contribution < 1.29 is 9.47 Å². The molecule has 2 fully saturated rings. The number of nitrogens with one attached hydrogen (secondary N) is 1. The van der Waals surface area contributed by atoms with E-state index in [1.165, 1.54) is 12.1 Å². The molecule has 0 bridgehead atoms. The van der Waals surface area contributed by atoms with Gasteiger partial charge in [-0.25, -0.2) is 0 Å². The summed E-state index contributed by atoms with van der Waals surface area (Å²) in [6.45, 7) is 11.0. The van der Waals surface area contributed by atoms with Crippen LogP contribution in [0.25, 0.3) is 0 Å². The third-order valence-electron chi connectivity index (χ3n) is 5.69. The molecular formula is C22H36N4O2. The van der Waals surface area contributed by atoms with Crippen LogP contribution in [0.1, 0.15) is 33.1 Å². The summed E-state index contributed by atoms with van der Waals surface area (Å²) < 4.78 is 11.3. The van der Waals surface area contributed by atoms with Crippen molar-refractivity contribution in [1.29, 1.82) is 0 Å². The van der Waals surface area contributed by atoms with Crippen LogP contribution in [0.5, 0.6) is 5.75 Å². The van der Waals surface area contributed by atoms with E-state index < -0.39 is 0 Å². The van der Waals surface area contributed by atoms with Crippen LogP contribution in [-0.4, -0.2) is 69.9 Å². The third-order valence-corrected chi connectivity index (χ3v) is 5.69. The van der Waals surface area contributed by atoms with Gasteiger partial charge in [-0.05, 0) is 51.2 Å². The number of para-hydroxylation sites is 2. The SMILES string of the molecule is CCNC(=NCC1CCN(c2ccccc2OC)C1)N1CCC(OCC)CC1. The van der Waals surface area contributed by atoms with Crippen LogP contribution < -0.4 is 15.0 Å². The van der Waals surface area contributed by atoms with E-state index in [2.05, 4.69) is 41.1 Å². The Balaban J connectivity index is 1.55. The maximum absolute atomic E-state index is 5.78. The van der Waals surface area contributed by atoms with Crippen LogP contribution in [-0.2, 0) is 4.74 Å². The summed E-state index contributed by atoms with van der Waals surface area (Å²) >= 11 is 0. The molecule has 2 aliphatic heterocycles. The molecule has 0 aromatic heterocycles. The molecular weight excluding hydrogens is 352 g/mol. The van der Waals surface area contributed by atoms with Gasteiger partial charge in [-0.2, -0.15) is 0 Å². The highest BCUT2D eigenvalue weighted by atomic mass is 16.5. The van der Waals surface area contributed by atoms with Crippen LogP contribution in [0.4, 0.5) is 5.69 Å². The second kappa shape index (κ2) is 10.6. The zero-order chi connectivity index (χ0) is 19.8. The zero-order valence-electron chi connectivity index (χ0n) is 17.7. The molecule has 0 radical (unpaired) electrons. The predicted molar refractivity (Wildman–Crippen MR) is 116 cm³/mol. The number of piperidine rings is 1. The second-order valence-corrected chi connectivity index (χ2v) is 7.61. The topological polar surface area (TPSA) is 49.3 Å². The quantitative estimate of drug-likeness (QED) is 0.575. The van der Waals surface area contributed by atoms with Crippen molar-refractivity contribution in [3.63, 3.8) is 0 Å². The van der Waals surface area contributed by atoms with Gasteiger partial charge in [0.2, 0.25) is 0 Å². The summed E-state index contributed by atoms with van der Waals surface area (Å²) in [6, 6.07) is 8.29. The Morgan fingerprint density at radius 3 is 2.64 bits per heavy atom. The lowest BCUT2D eigenvalue weighted by atomic mass is 10.1. The van der Waals surface area contributed by atoms with Crippen molar-refractivity contribution in [1.82, 2.24) is 10.2 Å². The Morgan fingerprint density at radius 1 is 1.14 bits per heavy atom. The molecule has 1 aromatic rings. The highest BCUT2D eigenvalue weighted by Crippen LogP contribution is 2.32. The van der Waals surface area contributed by atoms with Crippen LogP contribution in [0.2, 0.25) is 0 Å². The van der Waals surface area contributed by atoms with Gasteiger partial charge in [0.1, 0.15) is 5.75 Å². The van der Waals surface area contributed by atoms with E-state index >= 15 is 0 Å². The molecule has 3 rings (SSSR count). The first-order valence-electron chi connectivity index (χ1n) is 10.8. The number of anilines is 1. The lowest BCUT2D eigenvalue weighted by Crippen LogP contribution is -2.47.